The molecule has 0 saturated carbocycles. The Kier molecular flexibility index (Phi) is 3.90. The van der Waals surface area contributed by atoms with Gasteiger partial charge in [0.05, 0.1) is 22.7 Å². The lowest BCUT2D eigenvalue weighted by Gasteiger charge is -2.08. The Morgan fingerprint density at radius 3 is 2.43 bits per heavy atom. The van der Waals surface area contributed by atoms with E-state index in [1.807, 2.05) is 56.4 Å². The lowest BCUT2D eigenvalue weighted by molar-refractivity contribution is 0.601. The van der Waals surface area contributed by atoms with E-state index < -0.39 is 9.84 Å². The number of aromatic nitrogens is 2. The second-order valence-electron chi connectivity index (χ2n) is 5.97. The van der Waals surface area contributed by atoms with E-state index in [0.29, 0.717) is 0 Å². The fourth-order valence-corrected chi connectivity index (χ4v) is 3.37. The van der Waals surface area contributed by atoms with E-state index in [1.54, 1.807) is 0 Å². The van der Waals surface area contributed by atoms with Crippen molar-refractivity contribution in [3.05, 3.63) is 59.3 Å². The van der Waals surface area contributed by atoms with Gasteiger partial charge in [-0.2, -0.15) is 0 Å². The Morgan fingerprint density at radius 2 is 1.78 bits per heavy atom. The predicted octanol–water partition coefficient (Wildman–Crippen LogP) is 3.46. The minimum atomic E-state index is -3.04. The van der Waals surface area contributed by atoms with Gasteiger partial charge in [-0.1, -0.05) is 12.1 Å². The van der Waals surface area contributed by atoms with Gasteiger partial charge in [0.25, 0.3) is 0 Å². The molecule has 0 atom stereocenters. The van der Waals surface area contributed by atoms with Crippen LogP contribution in [0.2, 0.25) is 0 Å². The maximum Gasteiger partial charge on any atom is 0.151 e. The molecule has 1 aromatic carbocycles. The predicted molar refractivity (Wildman–Crippen MR) is 93.0 cm³/mol. The van der Waals surface area contributed by atoms with Gasteiger partial charge in [-0.15, -0.1) is 0 Å². The number of aryl methyl sites for hydroxylation is 2. The first-order chi connectivity index (χ1) is 10.8. The van der Waals surface area contributed by atoms with Crippen LogP contribution in [-0.4, -0.2) is 24.6 Å². The van der Waals surface area contributed by atoms with Crippen LogP contribution in [0.15, 0.2) is 42.6 Å². The smallest absolute Gasteiger partial charge is 0.151 e. The normalized spacial score (nSPS) is 11.8. The van der Waals surface area contributed by atoms with Crippen molar-refractivity contribution in [2.75, 3.05) is 6.26 Å². The maximum atomic E-state index is 11.5. The lowest BCUT2D eigenvalue weighted by atomic mass is 10.1. The Hall–Kier alpha value is -2.27. The minimum Gasteiger partial charge on any atom is -0.254 e. The first kappa shape index (κ1) is 15.6. The summed E-state index contributed by atoms with van der Waals surface area (Å²) in [7, 11) is -3.04. The molecule has 0 bridgehead atoms. The molecule has 0 aliphatic heterocycles. The quantitative estimate of drug-likeness (QED) is 0.739. The first-order valence-corrected chi connectivity index (χ1v) is 9.39. The Morgan fingerprint density at radius 1 is 1.00 bits per heavy atom. The summed E-state index contributed by atoms with van der Waals surface area (Å²) in [5.41, 5.74) is 5.46. The van der Waals surface area contributed by atoms with Crippen LogP contribution in [0.5, 0.6) is 0 Å². The van der Waals surface area contributed by atoms with Gasteiger partial charge in [0.15, 0.2) is 9.84 Å². The summed E-state index contributed by atoms with van der Waals surface area (Å²) in [5, 5.41) is 0.974. The molecule has 0 aliphatic carbocycles. The minimum absolute atomic E-state index is 0.0453. The van der Waals surface area contributed by atoms with Gasteiger partial charge >= 0.3 is 0 Å². The number of rotatable bonds is 3. The molecule has 2 aromatic heterocycles. The van der Waals surface area contributed by atoms with E-state index in [4.69, 9.17) is 0 Å². The molecule has 0 fully saturated rings. The highest BCUT2D eigenvalue weighted by atomic mass is 32.2. The van der Waals surface area contributed by atoms with Gasteiger partial charge in [0.1, 0.15) is 0 Å². The van der Waals surface area contributed by atoms with Gasteiger partial charge in [-0.05, 0) is 54.8 Å². The Balaban J connectivity index is 2.09. The Bertz CT molecular complexity index is 978. The van der Waals surface area contributed by atoms with Gasteiger partial charge < -0.3 is 0 Å². The van der Waals surface area contributed by atoms with Gasteiger partial charge in [-0.3, -0.25) is 4.98 Å². The SMILES string of the molecule is Cc1ccc(-c2cc(C)c3cc(CS(C)(=O)=O)ccc3n2)nc1. The van der Waals surface area contributed by atoms with Crippen LogP contribution in [0.3, 0.4) is 0 Å². The van der Waals surface area contributed by atoms with Crippen molar-refractivity contribution in [3.8, 4) is 11.4 Å². The molecule has 0 N–H and O–H groups in total. The summed E-state index contributed by atoms with van der Waals surface area (Å²) in [6.07, 6.45) is 3.07. The van der Waals surface area contributed by atoms with Crippen LogP contribution in [0.1, 0.15) is 16.7 Å². The highest BCUT2D eigenvalue weighted by molar-refractivity contribution is 7.89. The third-order valence-electron chi connectivity index (χ3n) is 3.68. The zero-order valence-corrected chi connectivity index (χ0v) is 14.2. The largest absolute Gasteiger partial charge is 0.254 e. The average molecular weight is 326 g/mol. The first-order valence-electron chi connectivity index (χ1n) is 7.33. The van der Waals surface area contributed by atoms with Gasteiger partial charge in [-0.25, -0.2) is 13.4 Å². The van der Waals surface area contributed by atoms with E-state index in [-0.39, 0.29) is 5.75 Å². The van der Waals surface area contributed by atoms with Gasteiger partial charge in [0.2, 0.25) is 0 Å². The fraction of sp³-hybridized carbons (Fsp3) is 0.222. The molecule has 0 saturated heterocycles. The fourth-order valence-electron chi connectivity index (χ4n) is 2.58. The van der Waals surface area contributed by atoms with Crippen LogP contribution in [0, 0.1) is 13.8 Å². The number of sulfone groups is 1. The summed E-state index contributed by atoms with van der Waals surface area (Å²) < 4.78 is 22.9. The molecule has 23 heavy (non-hydrogen) atoms. The van der Waals surface area contributed by atoms with Crippen molar-refractivity contribution in [2.24, 2.45) is 0 Å². The molecule has 3 aromatic rings. The molecule has 5 heteroatoms. The maximum absolute atomic E-state index is 11.5. The lowest BCUT2D eigenvalue weighted by Crippen LogP contribution is -2.01. The van der Waals surface area contributed by atoms with Crippen molar-refractivity contribution in [3.63, 3.8) is 0 Å². The van der Waals surface area contributed by atoms with Crippen LogP contribution in [0.25, 0.3) is 22.3 Å². The average Bonchev–Trinajstić information content (AvgIpc) is 2.47. The van der Waals surface area contributed by atoms with E-state index in [2.05, 4.69) is 9.97 Å². The highest BCUT2D eigenvalue weighted by Crippen LogP contribution is 2.24. The molecule has 118 valence electrons. The number of hydrogen-bond donors (Lipinski definition) is 0. The molecule has 4 nitrogen and oxygen atoms in total. The van der Waals surface area contributed by atoms with Crippen LogP contribution in [-0.2, 0) is 15.6 Å². The van der Waals surface area contributed by atoms with Crippen LogP contribution in [0.4, 0.5) is 0 Å². The summed E-state index contributed by atoms with van der Waals surface area (Å²) >= 11 is 0. The van der Waals surface area contributed by atoms with Crippen LogP contribution < -0.4 is 0 Å². The van der Waals surface area contributed by atoms with Crippen molar-refractivity contribution in [2.45, 2.75) is 19.6 Å². The zero-order chi connectivity index (χ0) is 16.6. The van der Waals surface area contributed by atoms with Crippen molar-refractivity contribution >= 4 is 20.7 Å². The number of fused-ring (bicyclic) bond motifs is 1. The third kappa shape index (κ3) is 3.56. The number of benzene rings is 1. The van der Waals surface area contributed by atoms with Crippen molar-refractivity contribution in [1.82, 2.24) is 9.97 Å². The van der Waals surface area contributed by atoms with E-state index >= 15 is 0 Å². The second kappa shape index (κ2) is 5.74. The van der Waals surface area contributed by atoms with Crippen LogP contribution >= 0.6 is 0 Å². The summed E-state index contributed by atoms with van der Waals surface area (Å²) in [5.74, 6) is 0.0453. The molecule has 0 radical (unpaired) electrons. The summed E-state index contributed by atoms with van der Waals surface area (Å²) in [6.45, 7) is 4.01. The molecular formula is C18H18N2O2S. The van der Waals surface area contributed by atoms with E-state index in [1.165, 1.54) is 6.26 Å². The molecule has 0 amide bonds. The second-order valence-corrected chi connectivity index (χ2v) is 8.11. The number of pyridine rings is 2. The number of hydrogen-bond acceptors (Lipinski definition) is 4. The molecular weight excluding hydrogens is 308 g/mol. The highest BCUT2D eigenvalue weighted by Gasteiger charge is 2.09. The topological polar surface area (TPSA) is 59.9 Å². The Labute approximate surface area is 136 Å². The van der Waals surface area contributed by atoms with Gasteiger partial charge in [0, 0.05) is 17.8 Å². The molecule has 3 rings (SSSR count). The van der Waals surface area contributed by atoms with E-state index in [9.17, 15) is 8.42 Å². The molecule has 0 unspecified atom stereocenters. The standard InChI is InChI=1S/C18H18N2O2S/c1-12-4-6-17(19-10-12)18-8-13(2)15-9-14(11-23(3,21)22)5-7-16(15)20-18/h4-10H,11H2,1-3H3. The zero-order valence-electron chi connectivity index (χ0n) is 13.4. The third-order valence-corrected chi connectivity index (χ3v) is 4.54. The van der Waals surface area contributed by atoms with Crippen molar-refractivity contribution < 1.29 is 8.42 Å². The molecule has 0 aliphatic rings. The summed E-state index contributed by atoms with van der Waals surface area (Å²) in [4.78, 5) is 9.08. The number of nitrogens with zero attached hydrogens (tertiary/aromatic N) is 2. The monoisotopic (exact) mass is 326 g/mol. The van der Waals surface area contributed by atoms with Crippen molar-refractivity contribution in [1.29, 1.82) is 0 Å². The molecule has 2 heterocycles. The summed E-state index contributed by atoms with van der Waals surface area (Å²) in [6, 6.07) is 11.6. The van der Waals surface area contributed by atoms with E-state index in [0.717, 1.165) is 39.0 Å². The molecule has 0 spiro atoms.